The maximum atomic E-state index is 12.2. The number of likely N-dealkylation sites (N-methyl/N-ethyl adjacent to an activating group) is 1. The summed E-state index contributed by atoms with van der Waals surface area (Å²) in [6.45, 7) is 1.32. The molecule has 92 valence electrons. The summed E-state index contributed by atoms with van der Waals surface area (Å²) in [5.74, 6) is -0.0520. The second kappa shape index (κ2) is 4.94. The summed E-state index contributed by atoms with van der Waals surface area (Å²) >= 11 is 5.82. The van der Waals surface area contributed by atoms with Gasteiger partial charge in [0.2, 0.25) is 0 Å². The van der Waals surface area contributed by atoms with Crippen LogP contribution in [0.3, 0.4) is 0 Å². The van der Waals surface area contributed by atoms with Gasteiger partial charge in [-0.25, -0.2) is 0 Å². The van der Waals surface area contributed by atoms with Crippen molar-refractivity contribution in [2.75, 3.05) is 26.0 Å². The zero-order valence-corrected chi connectivity index (χ0v) is 10.4. The molecule has 1 amide bonds. The van der Waals surface area contributed by atoms with Gasteiger partial charge in [-0.05, 0) is 24.6 Å². The van der Waals surface area contributed by atoms with Gasteiger partial charge >= 0.3 is 0 Å². The van der Waals surface area contributed by atoms with Gasteiger partial charge in [-0.1, -0.05) is 11.6 Å². The van der Waals surface area contributed by atoms with Gasteiger partial charge in [0.15, 0.2) is 0 Å². The molecule has 1 fully saturated rings. The van der Waals surface area contributed by atoms with Gasteiger partial charge in [0.25, 0.3) is 5.91 Å². The fourth-order valence-corrected chi connectivity index (χ4v) is 1.99. The minimum Gasteiger partial charge on any atom is -0.398 e. The first-order valence-electron chi connectivity index (χ1n) is 5.49. The van der Waals surface area contributed by atoms with Crippen LogP contribution in [0.4, 0.5) is 5.69 Å². The third-order valence-electron chi connectivity index (χ3n) is 3.02. The smallest absolute Gasteiger partial charge is 0.254 e. The number of hydrogen-bond acceptors (Lipinski definition) is 3. The molecule has 0 spiro atoms. The lowest BCUT2D eigenvalue weighted by Gasteiger charge is -2.23. The van der Waals surface area contributed by atoms with Crippen LogP contribution in [-0.4, -0.2) is 37.1 Å². The molecule has 5 heteroatoms. The van der Waals surface area contributed by atoms with Crippen LogP contribution < -0.4 is 5.73 Å². The Morgan fingerprint density at radius 3 is 2.94 bits per heavy atom. The molecule has 0 saturated carbocycles. The van der Waals surface area contributed by atoms with Crippen molar-refractivity contribution in [2.45, 2.75) is 12.5 Å². The average Bonchev–Trinajstić information content (AvgIpc) is 2.84. The van der Waals surface area contributed by atoms with E-state index in [1.54, 1.807) is 30.1 Å². The van der Waals surface area contributed by atoms with Gasteiger partial charge in [0, 0.05) is 19.2 Å². The highest BCUT2D eigenvalue weighted by Gasteiger charge is 2.25. The highest BCUT2D eigenvalue weighted by atomic mass is 35.5. The minimum absolute atomic E-state index is 0.0520. The zero-order valence-electron chi connectivity index (χ0n) is 9.65. The molecule has 1 heterocycles. The Labute approximate surface area is 105 Å². The molecule has 0 aromatic heterocycles. The Hall–Kier alpha value is -1.26. The van der Waals surface area contributed by atoms with Crippen molar-refractivity contribution in [3.05, 3.63) is 28.8 Å². The molecule has 2 rings (SSSR count). The Balaban J connectivity index is 2.15. The van der Waals surface area contributed by atoms with Gasteiger partial charge < -0.3 is 15.4 Å². The van der Waals surface area contributed by atoms with Crippen LogP contribution in [0.2, 0.25) is 5.02 Å². The topological polar surface area (TPSA) is 55.6 Å². The Kier molecular flexibility index (Phi) is 3.54. The van der Waals surface area contributed by atoms with Crippen molar-refractivity contribution in [3.8, 4) is 0 Å². The molecule has 1 saturated heterocycles. The number of nitrogens with zero attached hydrogens (tertiary/aromatic N) is 1. The lowest BCUT2D eigenvalue weighted by atomic mass is 10.1. The lowest BCUT2D eigenvalue weighted by molar-refractivity contribution is 0.0711. The van der Waals surface area contributed by atoms with E-state index in [-0.39, 0.29) is 11.9 Å². The number of benzene rings is 1. The predicted molar refractivity (Wildman–Crippen MR) is 67.2 cm³/mol. The molecule has 4 nitrogen and oxygen atoms in total. The molecule has 1 aromatic rings. The quantitative estimate of drug-likeness (QED) is 0.819. The number of nitrogens with two attached hydrogens (primary N) is 1. The summed E-state index contributed by atoms with van der Waals surface area (Å²) in [6, 6.07) is 5.09. The van der Waals surface area contributed by atoms with E-state index in [4.69, 9.17) is 22.1 Å². The largest absolute Gasteiger partial charge is 0.398 e. The molecular weight excluding hydrogens is 240 g/mol. The van der Waals surface area contributed by atoms with Crippen molar-refractivity contribution >= 4 is 23.2 Å². The molecule has 0 aliphatic carbocycles. The lowest BCUT2D eigenvalue weighted by Crippen LogP contribution is -2.37. The monoisotopic (exact) mass is 254 g/mol. The summed E-state index contributed by atoms with van der Waals surface area (Å²) in [5.41, 5.74) is 6.67. The molecule has 2 N–H and O–H groups in total. The Morgan fingerprint density at radius 1 is 1.59 bits per heavy atom. The average molecular weight is 255 g/mol. The molecule has 1 atom stereocenters. The van der Waals surface area contributed by atoms with Crippen LogP contribution >= 0.6 is 11.6 Å². The molecule has 1 aliphatic heterocycles. The second-order valence-corrected chi connectivity index (χ2v) is 4.58. The molecule has 1 aliphatic rings. The minimum atomic E-state index is -0.0520. The Morgan fingerprint density at radius 2 is 2.35 bits per heavy atom. The van der Waals surface area contributed by atoms with Crippen LogP contribution in [0.5, 0.6) is 0 Å². The second-order valence-electron chi connectivity index (χ2n) is 4.17. The highest BCUT2D eigenvalue weighted by molar-refractivity contribution is 6.33. The number of anilines is 1. The summed E-state index contributed by atoms with van der Waals surface area (Å²) in [4.78, 5) is 13.9. The first-order chi connectivity index (χ1) is 8.09. The van der Waals surface area contributed by atoms with Gasteiger partial charge in [0.05, 0.1) is 23.4 Å². The van der Waals surface area contributed by atoms with Crippen LogP contribution in [0.1, 0.15) is 16.8 Å². The van der Waals surface area contributed by atoms with Crippen LogP contribution in [0.15, 0.2) is 18.2 Å². The number of halogens is 1. The molecule has 0 radical (unpaired) electrons. The number of ether oxygens (including phenoxy) is 1. The number of amides is 1. The molecular formula is C12H15ClN2O2. The Bertz CT molecular complexity index is 431. The molecule has 1 aromatic carbocycles. The molecule has 1 unspecified atom stereocenters. The van der Waals surface area contributed by atoms with Gasteiger partial charge in [-0.2, -0.15) is 0 Å². The van der Waals surface area contributed by atoms with E-state index in [1.807, 2.05) is 0 Å². The highest BCUT2D eigenvalue weighted by Crippen LogP contribution is 2.21. The van der Waals surface area contributed by atoms with Gasteiger partial charge in [-0.3, -0.25) is 4.79 Å². The summed E-state index contributed by atoms with van der Waals surface area (Å²) in [6.07, 6.45) is 0.880. The van der Waals surface area contributed by atoms with E-state index in [1.165, 1.54) is 0 Å². The van der Waals surface area contributed by atoms with Crippen LogP contribution in [-0.2, 0) is 4.74 Å². The van der Waals surface area contributed by atoms with Crippen molar-refractivity contribution < 1.29 is 9.53 Å². The zero-order chi connectivity index (χ0) is 12.4. The van der Waals surface area contributed by atoms with E-state index < -0.39 is 0 Å². The maximum absolute atomic E-state index is 12.2. The fraction of sp³-hybridized carbons (Fsp3) is 0.417. The number of hydrogen-bond donors (Lipinski definition) is 1. The fourth-order valence-electron chi connectivity index (χ4n) is 1.87. The van der Waals surface area contributed by atoms with E-state index in [0.29, 0.717) is 29.5 Å². The summed E-state index contributed by atoms with van der Waals surface area (Å²) < 4.78 is 5.27. The summed E-state index contributed by atoms with van der Waals surface area (Å²) in [7, 11) is 1.78. The van der Waals surface area contributed by atoms with Crippen molar-refractivity contribution in [1.29, 1.82) is 0 Å². The van der Waals surface area contributed by atoms with Gasteiger partial charge in [-0.15, -0.1) is 0 Å². The number of carbonyl (C=O) groups is 1. The normalized spacial score (nSPS) is 19.3. The summed E-state index contributed by atoms with van der Waals surface area (Å²) in [5, 5.41) is 0.466. The first-order valence-corrected chi connectivity index (χ1v) is 5.87. The third-order valence-corrected chi connectivity index (χ3v) is 3.36. The van der Waals surface area contributed by atoms with E-state index in [2.05, 4.69) is 0 Å². The van der Waals surface area contributed by atoms with Gasteiger partial charge in [0.1, 0.15) is 0 Å². The first kappa shape index (κ1) is 12.2. The number of nitrogen functional groups attached to an aromatic ring is 1. The third kappa shape index (κ3) is 2.53. The standard InChI is InChI=1S/C12H15ClN2O2/c1-15(9-4-5-17-7-9)12(16)8-2-3-10(13)11(14)6-8/h2-3,6,9H,4-5,7,14H2,1H3. The van der Waals surface area contributed by atoms with Crippen molar-refractivity contribution in [3.63, 3.8) is 0 Å². The predicted octanol–water partition coefficient (Wildman–Crippen LogP) is 1.78. The van der Waals surface area contributed by atoms with Crippen molar-refractivity contribution in [1.82, 2.24) is 4.90 Å². The SMILES string of the molecule is CN(C(=O)c1ccc(Cl)c(N)c1)C1CCOC1. The van der Waals surface area contributed by atoms with Crippen LogP contribution in [0.25, 0.3) is 0 Å². The maximum Gasteiger partial charge on any atom is 0.254 e. The molecule has 0 bridgehead atoms. The van der Waals surface area contributed by atoms with E-state index >= 15 is 0 Å². The molecule has 17 heavy (non-hydrogen) atoms. The number of carbonyl (C=O) groups excluding carboxylic acids is 1. The van der Waals surface area contributed by atoms with E-state index in [0.717, 1.165) is 6.42 Å². The van der Waals surface area contributed by atoms with Crippen LogP contribution in [0, 0.1) is 0 Å². The van der Waals surface area contributed by atoms with E-state index in [9.17, 15) is 4.79 Å². The van der Waals surface area contributed by atoms with Crippen molar-refractivity contribution in [2.24, 2.45) is 0 Å². The number of rotatable bonds is 2.